The standard InChI is InChI=1S/C22H36O/c1-19(2)16-10-14-22(5)17(20(16,3)13-11-18(19)23)9-8-15-7-6-12-21(15,22)4/h6-7,15-18,23H,8-14H2,1-5H3/t15-,16-,17+,18-,20-,21+,22+/m0/s1. The predicted octanol–water partition coefficient (Wildman–Crippen LogP) is 5.58. The molecule has 0 unspecified atom stereocenters. The van der Waals surface area contributed by atoms with Crippen LogP contribution in [-0.2, 0) is 0 Å². The van der Waals surface area contributed by atoms with E-state index in [1.165, 1.54) is 38.5 Å². The molecule has 0 spiro atoms. The van der Waals surface area contributed by atoms with Crippen LogP contribution >= 0.6 is 0 Å². The zero-order valence-corrected chi connectivity index (χ0v) is 15.9. The van der Waals surface area contributed by atoms with Crippen LogP contribution in [0, 0.1) is 39.4 Å². The van der Waals surface area contributed by atoms with Gasteiger partial charge in [-0.1, -0.05) is 46.8 Å². The normalized spacial score (nSPS) is 57.5. The number of fused-ring (bicyclic) bond motifs is 5. The van der Waals surface area contributed by atoms with E-state index in [9.17, 15) is 5.11 Å². The summed E-state index contributed by atoms with van der Waals surface area (Å²) in [5.41, 5.74) is 1.46. The Hall–Kier alpha value is -0.300. The average molecular weight is 317 g/mol. The van der Waals surface area contributed by atoms with Crippen LogP contribution in [0.5, 0.6) is 0 Å². The van der Waals surface area contributed by atoms with Gasteiger partial charge in [0, 0.05) is 0 Å². The van der Waals surface area contributed by atoms with Crippen LogP contribution in [0.2, 0.25) is 0 Å². The van der Waals surface area contributed by atoms with E-state index in [0.717, 1.165) is 18.3 Å². The van der Waals surface area contributed by atoms with Gasteiger partial charge in [-0.15, -0.1) is 0 Å². The van der Waals surface area contributed by atoms with E-state index < -0.39 is 0 Å². The van der Waals surface area contributed by atoms with Crippen LogP contribution in [0.1, 0.15) is 79.6 Å². The summed E-state index contributed by atoms with van der Waals surface area (Å²) in [5, 5.41) is 10.6. The zero-order chi connectivity index (χ0) is 16.7. The average Bonchev–Trinajstić information content (AvgIpc) is 2.86. The first-order valence-electron chi connectivity index (χ1n) is 10.0. The molecule has 0 bridgehead atoms. The Bertz CT molecular complexity index is 534. The Kier molecular flexibility index (Phi) is 3.27. The molecule has 0 aromatic carbocycles. The van der Waals surface area contributed by atoms with Crippen molar-refractivity contribution in [3.05, 3.63) is 12.2 Å². The van der Waals surface area contributed by atoms with E-state index in [4.69, 9.17) is 0 Å². The summed E-state index contributed by atoms with van der Waals surface area (Å²) in [4.78, 5) is 0. The van der Waals surface area contributed by atoms with Crippen molar-refractivity contribution >= 4 is 0 Å². The van der Waals surface area contributed by atoms with Gasteiger partial charge in [0.05, 0.1) is 6.10 Å². The van der Waals surface area contributed by atoms with Crippen LogP contribution in [-0.4, -0.2) is 11.2 Å². The van der Waals surface area contributed by atoms with Gasteiger partial charge in [0.25, 0.3) is 0 Å². The lowest BCUT2D eigenvalue weighted by Crippen LogP contribution is -2.63. The molecular formula is C22H36O. The smallest absolute Gasteiger partial charge is 0.0594 e. The second kappa shape index (κ2) is 4.65. The topological polar surface area (TPSA) is 20.2 Å². The molecule has 0 heterocycles. The fourth-order valence-electron chi connectivity index (χ4n) is 8.13. The van der Waals surface area contributed by atoms with Gasteiger partial charge in [-0.3, -0.25) is 0 Å². The van der Waals surface area contributed by atoms with Crippen LogP contribution in [0.4, 0.5) is 0 Å². The molecule has 3 saturated carbocycles. The molecule has 130 valence electrons. The summed E-state index contributed by atoms with van der Waals surface area (Å²) in [6, 6.07) is 0. The van der Waals surface area contributed by atoms with Crippen LogP contribution < -0.4 is 0 Å². The van der Waals surface area contributed by atoms with Gasteiger partial charge in [-0.05, 0) is 84.4 Å². The van der Waals surface area contributed by atoms with E-state index in [0.29, 0.717) is 22.2 Å². The SMILES string of the molecule is CC1(C)[C@@H](O)CC[C@]2(C)[C@H]3CC[C@@H]4C=CC[C@@]4(C)[C@]3(C)CC[C@@H]12. The Morgan fingerprint density at radius 3 is 2.30 bits per heavy atom. The van der Waals surface area contributed by atoms with E-state index in [-0.39, 0.29) is 11.5 Å². The van der Waals surface area contributed by atoms with Crippen molar-refractivity contribution in [3.8, 4) is 0 Å². The molecule has 0 aromatic rings. The third-order valence-electron chi connectivity index (χ3n) is 9.83. The molecule has 23 heavy (non-hydrogen) atoms. The fraction of sp³-hybridized carbons (Fsp3) is 0.909. The highest BCUT2D eigenvalue weighted by Crippen LogP contribution is 2.73. The molecule has 3 fully saturated rings. The van der Waals surface area contributed by atoms with Gasteiger partial charge < -0.3 is 5.11 Å². The predicted molar refractivity (Wildman–Crippen MR) is 96.0 cm³/mol. The number of aliphatic hydroxyl groups excluding tert-OH is 1. The number of hydrogen-bond donors (Lipinski definition) is 1. The highest BCUT2D eigenvalue weighted by Gasteiger charge is 2.66. The highest BCUT2D eigenvalue weighted by atomic mass is 16.3. The quantitative estimate of drug-likeness (QED) is 0.578. The van der Waals surface area contributed by atoms with Crippen molar-refractivity contribution in [2.75, 3.05) is 0 Å². The summed E-state index contributed by atoms with van der Waals surface area (Å²) < 4.78 is 0. The summed E-state index contributed by atoms with van der Waals surface area (Å²) in [6.45, 7) is 12.5. The minimum Gasteiger partial charge on any atom is -0.393 e. The lowest BCUT2D eigenvalue weighted by atomic mass is 9.35. The Balaban J connectivity index is 1.76. The second-order valence-corrected chi connectivity index (χ2v) is 10.7. The summed E-state index contributed by atoms with van der Waals surface area (Å²) >= 11 is 0. The molecular weight excluding hydrogens is 280 g/mol. The van der Waals surface area contributed by atoms with E-state index in [1.54, 1.807) is 0 Å². The lowest BCUT2D eigenvalue weighted by Gasteiger charge is -2.69. The monoisotopic (exact) mass is 316 g/mol. The third kappa shape index (κ3) is 1.78. The van der Waals surface area contributed by atoms with Crippen molar-refractivity contribution in [3.63, 3.8) is 0 Å². The van der Waals surface area contributed by atoms with Gasteiger partial charge >= 0.3 is 0 Å². The Morgan fingerprint density at radius 1 is 0.826 bits per heavy atom. The largest absolute Gasteiger partial charge is 0.393 e. The van der Waals surface area contributed by atoms with Crippen molar-refractivity contribution in [1.29, 1.82) is 0 Å². The Morgan fingerprint density at radius 2 is 1.57 bits per heavy atom. The summed E-state index contributed by atoms with van der Waals surface area (Å²) in [6.07, 6.45) is 13.9. The maximum atomic E-state index is 10.6. The molecule has 4 aliphatic rings. The molecule has 4 rings (SSSR count). The minimum atomic E-state index is -0.106. The third-order valence-corrected chi connectivity index (χ3v) is 9.83. The van der Waals surface area contributed by atoms with Gasteiger partial charge in [0.15, 0.2) is 0 Å². The van der Waals surface area contributed by atoms with Crippen molar-refractivity contribution in [1.82, 2.24) is 0 Å². The summed E-state index contributed by atoms with van der Waals surface area (Å²) in [7, 11) is 0. The van der Waals surface area contributed by atoms with E-state index in [1.807, 2.05) is 0 Å². The lowest BCUT2D eigenvalue weighted by molar-refractivity contribution is -0.217. The second-order valence-electron chi connectivity index (χ2n) is 10.7. The molecule has 0 radical (unpaired) electrons. The molecule has 0 aromatic heterocycles. The van der Waals surface area contributed by atoms with Crippen molar-refractivity contribution in [2.24, 2.45) is 39.4 Å². The van der Waals surface area contributed by atoms with Gasteiger partial charge in [0.2, 0.25) is 0 Å². The first-order chi connectivity index (χ1) is 10.7. The molecule has 4 aliphatic carbocycles. The number of hydrogen-bond acceptors (Lipinski definition) is 1. The van der Waals surface area contributed by atoms with E-state index >= 15 is 0 Å². The van der Waals surface area contributed by atoms with Crippen molar-refractivity contribution < 1.29 is 5.11 Å². The number of aliphatic hydroxyl groups is 1. The van der Waals surface area contributed by atoms with Gasteiger partial charge in [-0.25, -0.2) is 0 Å². The van der Waals surface area contributed by atoms with Crippen LogP contribution in [0.25, 0.3) is 0 Å². The molecule has 0 saturated heterocycles. The summed E-state index contributed by atoms with van der Waals surface area (Å²) in [5.74, 6) is 2.33. The molecule has 0 aliphatic heterocycles. The van der Waals surface area contributed by atoms with Crippen LogP contribution in [0.3, 0.4) is 0 Å². The van der Waals surface area contributed by atoms with Crippen molar-refractivity contribution in [2.45, 2.75) is 85.7 Å². The number of allylic oxidation sites excluding steroid dienone is 2. The first kappa shape index (κ1) is 16.2. The van der Waals surface area contributed by atoms with Crippen LogP contribution in [0.15, 0.2) is 12.2 Å². The Labute approximate surface area is 142 Å². The van der Waals surface area contributed by atoms with Gasteiger partial charge in [-0.2, -0.15) is 0 Å². The molecule has 1 nitrogen and oxygen atoms in total. The molecule has 0 amide bonds. The first-order valence-corrected chi connectivity index (χ1v) is 10.0. The van der Waals surface area contributed by atoms with Gasteiger partial charge in [0.1, 0.15) is 0 Å². The minimum absolute atomic E-state index is 0.0833. The highest BCUT2D eigenvalue weighted by molar-refractivity contribution is 5.21. The number of rotatable bonds is 0. The molecule has 1 heteroatoms. The maximum absolute atomic E-state index is 10.6. The fourth-order valence-corrected chi connectivity index (χ4v) is 8.13. The molecule has 1 N–H and O–H groups in total. The maximum Gasteiger partial charge on any atom is 0.0594 e. The van der Waals surface area contributed by atoms with E-state index in [2.05, 4.69) is 46.8 Å². The zero-order valence-electron chi connectivity index (χ0n) is 15.9. The molecule has 7 atom stereocenters.